The zero-order chi connectivity index (χ0) is 22.4. The number of hydrogen-bond donors (Lipinski definition) is 2. The van der Waals surface area contributed by atoms with E-state index >= 15 is 0 Å². The number of fused-ring (bicyclic) bond motifs is 3. The van der Waals surface area contributed by atoms with Crippen molar-refractivity contribution < 1.29 is 14.4 Å². The zero-order valence-corrected chi connectivity index (χ0v) is 18.8. The fourth-order valence-corrected chi connectivity index (χ4v) is 5.47. The molecule has 2 unspecified atom stereocenters. The van der Waals surface area contributed by atoms with Gasteiger partial charge in [-0.25, -0.2) is 0 Å². The summed E-state index contributed by atoms with van der Waals surface area (Å²) in [5.41, 5.74) is 1.11. The summed E-state index contributed by atoms with van der Waals surface area (Å²) in [7, 11) is 0. The van der Waals surface area contributed by atoms with E-state index in [-0.39, 0.29) is 29.7 Å². The molecular weight excluding hydrogens is 432 g/mol. The molecule has 2 N–H and O–H groups in total. The number of aryl methyl sites for hydroxylation is 1. The van der Waals surface area contributed by atoms with E-state index in [1.165, 1.54) is 0 Å². The third-order valence-electron chi connectivity index (χ3n) is 6.84. The predicted molar refractivity (Wildman–Crippen MR) is 122 cm³/mol. The molecule has 2 aromatic heterocycles. The van der Waals surface area contributed by atoms with Crippen LogP contribution in [0, 0.1) is 6.92 Å². The second-order valence-electron chi connectivity index (χ2n) is 9.01. The summed E-state index contributed by atoms with van der Waals surface area (Å²) < 4.78 is 7.14. The first-order valence-electron chi connectivity index (χ1n) is 11.2. The highest BCUT2D eigenvalue weighted by Crippen LogP contribution is 2.36. The average molecular weight is 459 g/mol. The van der Waals surface area contributed by atoms with Gasteiger partial charge < -0.3 is 19.5 Å². The lowest BCUT2D eigenvalue weighted by Gasteiger charge is -2.29. The first kappa shape index (κ1) is 21.4. The number of aliphatic hydroxyl groups is 1. The van der Waals surface area contributed by atoms with Gasteiger partial charge in [-0.05, 0) is 51.2 Å². The van der Waals surface area contributed by atoms with Crippen LogP contribution in [0.4, 0.5) is 0 Å². The fourth-order valence-electron chi connectivity index (χ4n) is 5.21. The van der Waals surface area contributed by atoms with Crippen molar-refractivity contribution in [2.75, 3.05) is 19.6 Å². The van der Waals surface area contributed by atoms with Gasteiger partial charge in [-0.15, -0.1) is 0 Å². The van der Waals surface area contributed by atoms with Gasteiger partial charge in [0.15, 0.2) is 0 Å². The Kier molecular flexibility index (Phi) is 5.69. The number of aromatic nitrogens is 2. The molecule has 2 fully saturated rings. The molecule has 0 spiro atoms. The lowest BCUT2D eigenvalue weighted by atomic mass is 10.1. The van der Waals surface area contributed by atoms with Crippen LogP contribution in [-0.4, -0.2) is 57.4 Å². The number of benzene rings is 1. The Morgan fingerprint density at radius 1 is 1.25 bits per heavy atom. The molecule has 8 nitrogen and oxygen atoms in total. The van der Waals surface area contributed by atoms with E-state index in [4.69, 9.17) is 16.1 Å². The molecule has 3 aromatic rings. The quantitative estimate of drug-likeness (QED) is 0.623. The number of nitrogens with zero attached hydrogens (tertiary/aromatic N) is 3. The molecule has 1 aliphatic heterocycles. The van der Waals surface area contributed by atoms with E-state index in [9.17, 15) is 14.7 Å². The number of aliphatic hydroxyl groups excluding tert-OH is 1. The van der Waals surface area contributed by atoms with Crippen LogP contribution >= 0.6 is 11.6 Å². The normalized spacial score (nSPS) is 22.7. The fraction of sp³-hybridized carbons (Fsp3) is 0.522. The van der Waals surface area contributed by atoms with E-state index in [0.29, 0.717) is 47.5 Å². The number of amides is 1. The van der Waals surface area contributed by atoms with Gasteiger partial charge in [-0.1, -0.05) is 22.8 Å². The molecule has 2 aliphatic rings. The summed E-state index contributed by atoms with van der Waals surface area (Å²) >= 11 is 6.50. The smallest absolute Gasteiger partial charge is 0.264 e. The van der Waals surface area contributed by atoms with Gasteiger partial charge >= 0.3 is 0 Å². The number of carbonyl (C=O) groups excluding carboxylic acids is 1. The number of likely N-dealkylation sites (tertiary alicyclic amines) is 1. The molecule has 1 aliphatic carbocycles. The molecule has 0 radical (unpaired) electrons. The Morgan fingerprint density at radius 3 is 2.81 bits per heavy atom. The van der Waals surface area contributed by atoms with Crippen molar-refractivity contribution in [3.8, 4) is 0 Å². The maximum Gasteiger partial charge on any atom is 0.264 e. The number of nitrogens with one attached hydrogen (secondary N) is 1. The zero-order valence-electron chi connectivity index (χ0n) is 18.0. The third-order valence-corrected chi connectivity index (χ3v) is 7.16. The lowest BCUT2D eigenvalue weighted by Crippen LogP contribution is -2.44. The highest BCUT2D eigenvalue weighted by atomic mass is 35.5. The van der Waals surface area contributed by atoms with Crippen LogP contribution in [0.25, 0.3) is 21.8 Å². The molecule has 1 aromatic carbocycles. The molecular formula is C23H27ClN4O4. The number of hydrogen-bond acceptors (Lipinski definition) is 6. The first-order valence-corrected chi connectivity index (χ1v) is 11.6. The second kappa shape index (κ2) is 8.50. The topological polar surface area (TPSA) is 101 Å². The minimum Gasteiger partial charge on any atom is -0.393 e. The maximum atomic E-state index is 13.4. The van der Waals surface area contributed by atoms with Crippen LogP contribution in [-0.2, 0) is 4.79 Å². The van der Waals surface area contributed by atoms with Gasteiger partial charge in [0.05, 0.1) is 23.2 Å². The molecule has 9 heteroatoms. The van der Waals surface area contributed by atoms with E-state index in [0.717, 1.165) is 36.8 Å². The summed E-state index contributed by atoms with van der Waals surface area (Å²) in [6.45, 7) is 3.56. The Balaban J connectivity index is 1.38. The number of pyridine rings is 1. The Morgan fingerprint density at radius 2 is 2.03 bits per heavy atom. The van der Waals surface area contributed by atoms with Gasteiger partial charge in [0.25, 0.3) is 5.56 Å². The summed E-state index contributed by atoms with van der Waals surface area (Å²) in [6, 6.07) is 5.49. The summed E-state index contributed by atoms with van der Waals surface area (Å²) in [5, 5.41) is 18.6. The van der Waals surface area contributed by atoms with Crippen LogP contribution in [0.5, 0.6) is 0 Å². The van der Waals surface area contributed by atoms with Crippen molar-refractivity contribution in [2.45, 2.75) is 57.2 Å². The minimum atomic E-state index is -0.252. The monoisotopic (exact) mass is 458 g/mol. The highest BCUT2D eigenvalue weighted by molar-refractivity contribution is 6.37. The molecule has 1 saturated carbocycles. The van der Waals surface area contributed by atoms with Crippen molar-refractivity contribution in [2.24, 2.45) is 0 Å². The number of piperidine rings is 1. The average Bonchev–Trinajstić information content (AvgIpc) is 3.37. The summed E-state index contributed by atoms with van der Waals surface area (Å²) in [4.78, 5) is 28.1. The van der Waals surface area contributed by atoms with Gasteiger partial charge in [-0.2, -0.15) is 0 Å². The highest BCUT2D eigenvalue weighted by Gasteiger charge is 2.31. The molecule has 5 rings (SSSR count). The summed E-state index contributed by atoms with van der Waals surface area (Å²) in [6.07, 6.45) is 3.45. The molecule has 1 saturated heterocycles. The summed E-state index contributed by atoms with van der Waals surface area (Å²) in [5.74, 6) is 0.479. The van der Waals surface area contributed by atoms with E-state index in [2.05, 4.69) is 15.4 Å². The molecule has 3 heterocycles. The molecule has 32 heavy (non-hydrogen) atoms. The Hall–Kier alpha value is -2.42. The lowest BCUT2D eigenvalue weighted by molar-refractivity contribution is -0.123. The van der Waals surface area contributed by atoms with Crippen molar-refractivity contribution >= 4 is 39.3 Å². The van der Waals surface area contributed by atoms with Gasteiger partial charge in [0.1, 0.15) is 16.7 Å². The Bertz CT molecular complexity index is 1230. The van der Waals surface area contributed by atoms with Crippen LogP contribution in [0.1, 0.15) is 43.9 Å². The van der Waals surface area contributed by atoms with E-state index < -0.39 is 0 Å². The number of rotatable bonds is 4. The van der Waals surface area contributed by atoms with Crippen molar-refractivity contribution in [1.29, 1.82) is 0 Å². The Labute approximate surface area is 190 Å². The van der Waals surface area contributed by atoms with Crippen LogP contribution in [0.15, 0.2) is 27.5 Å². The third kappa shape index (κ3) is 3.80. The molecule has 1 amide bonds. The van der Waals surface area contributed by atoms with Crippen molar-refractivity contribution in [3.63, 3.8) is 0 Å². The number of carbonyl (C=O) groups is 1. The maximum absolute atomic E-state index is 13.4. The number of halogens is 1. The second-order valence-corrected chi connectivity index (χ2v) is 9.42. The predicted octanol–water partition coefficient (Wildman–Crippen LogP) is 2.77. The molecule has 170 valence electrons. The minimum absolute atomic E-state index is 0.00220. The SMILES string of the molecule is Cc1onc2c1c(=O)n(C1CCC(NC(=O)CN3CCC(O)CC3)C1)c1cccc(Cl)c21. The van der Waals surface area contributed by atoms with Crippen LogP contribution in [0.2, 0.25) is 5.02 Å². The van der Waals surface area contributed by atoms with Gasteiger partial charge in [0.2, 0.25) is 5.91 Å². The molecule has 0 bridgehead atoms. The van der Waals surface area contributed by atoms with Gasteiger partial charge in [0, 0.05) is 30.6 Å². The van der Waals surface area contributed by atoms with Crippen molar-refractivity contribution in [3.05, 3.63) is 39.3 Å². The standard InChI is InChI=1S/C23H27ClN4O4/c1-13-20-22(26-32-13)21-17(24)3-2-4-18(21)28(23(20)31)15-6-5-14(11-15)25-19(30)12-27-9-7-16(29)8-10-27/h2-4,14-16,29H,5-12H2,1H3,(H,25,30). The molecule has 2 atom stereocenters. The largest absolute Gasteiger partial charge is 0.393 e. The van der Waals surface area contributed by atoms with E-state index in [1.54, 1.807) is 13.0 Å². The van der Waals surface area contributed by atoms with Crippen LogP contribution < -0.4 is 10.9 Å². The van der Waals surface area contributed by atoms with Gasteiger partial charge in [-0.3, -0.25) is 14.5 Å². The van der Waals surface area contributed by atoms with Crippen molar-refractivity contribution in [1.82, 2.24) is 19.9 Å². The first-order chi connectivity index (χ1) is 15.4. The van der Waals surface area contributed by atoms with Crippen LogP contribution in [0.3, 0.4) is 0 Å². The van der Waals surface area contributed by atoms with E-state index in [1.807, 2.05) is 16.7 Å².